The first-order chi connectivity index (χ1) is 10.2. The highest BCUT2D eigenvalue weighted by molar-refractivity contribution is 5.76. The quantitative estimate of drug-likeness (QED) is 0.640. The smallest absolute Gasteiger partial charge is 0.00843 e. The fourth-order valence-corrected chi connectivity index (χ4v) is 3.68. The van der Waals surface area contributed by atoms with E-state index in [2.05, 4.69) is 62.4 Å². The van der Waals surface area contributed by atoms with E-state index in [1.54, 1.807) is 11.1 Å². The summed E-state index contributed by atoms with van der Waals surface area (Å²) in [5.41, 5.74) is 8.88. The Morgan fingerprint density at radius 1 is 0.762 bits per heavy atom. The average molecular weight is 274 g/mol. The van der Waals surface area contributed by atoms with Crippen LogP contribution in [0.1, 0.15) is 44.2 Å². The van der Waals surface area contributed by atoms with E-state index in [9.17, 15) is 0 Å². The summed E-state index contributed by atoms with van der Waals surface area (Å²) in [7, 11) is 0. The minimum atomic E-state index is 0.792. The molecular weight excluding hydrogens is 252 g/mol. The number of fused-ring (bicyclic) bond motifs is 1. The van der Waals surface area contributed by atoms with E-state index in [4.69, 9.17) is 0 Å². The Morgan fingerprint density at radius 2 is 1.52 bits per heavy atom. The molecular formula is C21H22. The third-order valence-corrected chi connectivity index (χ3v) is 5.25. The van der Waals surface area contributed by atoms with Crippen LogP contribution in [-0.2, 0) is 0 Å². The first-order valence-corrected chi connectivity index (χ1v) is 8.08. The van der Waals surface area contributed by atoms with Crippen LogP contribution in [0.2, 0.25) is 0 Å². The Labute approximate surface area is 127 Å². The van der Waals surface area contributed by atoms with Gasteiger partial charge in [-0.3, -0.25) is 0 Å². The number of hydrogen-bond donors (Lipinski definition) is 0. The van der Waals surface area contributed by atoms with Gasteiger partial charge in [0.15, 0.2) is 0 Å². The van der Waals surface area contributed by atoms with Gasteiger partial charge in [-0.25, -0.2) is 0 Å². The molecule has 3 aliphatic carbocycles. The predicted molar refractivity (Wildman–Crippen MR) is 90.7 cm³/mol. The third-order valence-electron chi connectivity index (χ3n) is 5.25. The summed E-state index contributed by atoms with van der Waals surface area (Å²) >= 11 is 0. The standard InChI is InChI=1S/C21H22/c1-14-3-6-16(7-4-14)17-8-10-18(11-9-17)19-12-5-15(2)20-13-21(19)20/h3,5-6,8-12,20-21H,4,7,13H2,1-2H3/t20?,21-/m0/s1. The molecule has 1 unspecified atom stereocenters. The first-order valence-electron chi connectivity index (χ1n) is 8.08. The van der Waals surface area contributed by atoms with Crippen LogP contribution in [0.15, 0.2) is 59.7 Å². The van der Waals surface area contributed by atoms with Crippen LogP contribution in [0, 0.1) is 11.8 Å². The molecule has 0 N–H and O–H groups in total. The Kier molecular flexibility index (Phi) is 2.99. The number of hydrogen-bond acceptors (Lipinski definition) is 0. The van der Waals surface area contributed by atoms with Gasteiger partial charge in [0, 0.05) is 0 Å². The van der Waals surface area contributed by atoms with Gasteiger partial charge in [0.2, 0.25) is 0 Å². The first kappa shape index (κ1) is 12.9. The largest absolute Gasteiger partial charge is 0.0730 e. The summed E-state index contributed by atoms with van der Waals surface area (Å²) in [4.78, 5) is 0. The van der Waals surface area contributed by atoms with Crippen molar-refractivity contribution < 1.29 is 0 Å². The fraction of sp³-hybridized carbons (Fsp3) is 0.333. The second-order valence-corrected chi connectivity index (χ2v) is 6.76. The van der Waals surface area contributed by atoms with Crippen molar-refractivity contribution in [2.24, 2.45) is 11.8 Å². The molecule has 1 fully saturated rings. The third kappa shape index (κ3) is 2.33. The molecule has 0 amide bonds. The van der Waals surface area contributed by atoms with Gasteiger partial charge < -0.3 is 0 Å². The van der Waals surface area contributed by atoms with Crippen molar-refractivity contribution in [2.75, 3.05) is 0 Å². The highest BCUT2D eigenvalue weighted by atomic mass is 14.5. The van der Waals surface area contributed by atoms with Crippen LogP contribution < -0.4 is 0 Å². The summed E-state index contributed by atoms with van der Waals surface area (Å²) in [5, 5.41) is 0. The second-order valence-electron chi connectivity index (χ2n) is 6.76. The van der Waals surface area contributed by atoms with Gasteiger partial charge in [-0.15, -0.1) is 0 Å². The molecule has 1 aromatic rings. The molecule has 0 saturated heterocycles. The fourth-order valence-electron chi connectivity index (χ4n) is 3.68. The van der Waals surface area contributed by atoms with Gasteiger partial charge in [-0.05, 0) is 67.2 Å². The second kappa shape index (κ2) is 4.87. The van der Waals surface area contributed by atoms with Crippen LogP contribution in [0.25, 0.3) is 11.1 Å². The van der Waals surface area contributed by atoms with E-state index in [1.807, 2.05) is 0 Å². The molecule has 0 heteroatoms. The minimum Gasteiger partial charge on any atom is -0.0730 e. The van der Waals surface area contributed by atoms with E-state index in [1.165, 1.54) is 41.5 Å². The number of rotatable bonds is 2. The summed E-state index contributed by atoms with van der Waals surface area (Å²) < 4.78 is 0. The van der Waals surface area contributed by atoms with Gasteiger partial charge in [0.25, 0.3) is 0 Å². The predicted octanol–water partition coefficient (Wildman–Crippen LogP) is 5.79. The Balaban J connectivity index is 1.60. The molecule has 4 rings (SSSR count). The molecule has 0 aliphatic heterocycles. The number of allylic oxidation sites excluding steroid dienone is 8. The van der Waals surface area contributed by atoms with Crippen molar-refractivity contribution in [2.45, 2.75) is 33.1 Å². The molecule has 3 aliphatic rings. The topological polar surface area (TPSA) is 0 Å². The zero-order chi connectivity index (χ0) is 14.4. The normalized spacial score (nSPS) is 27.1. The summed E-state index contributed by atoms with van der Waals surface area (Å²) in [6, 6.07) is 9.24. The maximum Gasteiger partial charge on any atom is -0.00843 e. The molecule has 0 heterocycles. The van der Waals surface area contributed by atoms with Crippen LogP contribution in [-0.4, -0.2) is 0 Å². The Morgan fingerprint density at radius 3 is 2.24 bits per heavy atom. The summed E-state index contributed by atoms with van der Waals surface area (Å²) in [5.74, 6) is 1.62. The van der Waals surface area contributed by atoms with Gasteiger partial charge in [-0.2, -0.15) is 0 Å². The summed E-state index contributed by atoms with van der Waals surface area (Å²) in [6.07, 6.45) is 12.9. The van der Waals surface area contributed by atoms with Crippen molar-refractivity contribution in [3.05, 3.63) is 70.8 Å². The van der Waals surface area contributed by atoms with E-state index in [-0.39, 0.29) is 0 Å². The summed E-state index contributed by atoms with van der Waals surface area (Å²) in [6.45, 7) is 4.49. The van der Waals surface area contributed by atoms with E-state index < -0.39 is 0 Å². The van der Waals surface area contributed by atoms with Crippen molar-refractivity contribution in [1.29, 1.82) is 0 Å². The van der Waals surface area contributed by atoms with E-state index in [0.717, 1.165) is 11.8 Å². The molecule has 0 aromatic heterocycles. The molecule has 0 bridgehead atoms. The minimum absolute atomic E-state index is 0.792. The average Bonchev–Trinajstić information content (AvgIpc) is 3.30. The SMILES string of the molecule is CC1=CC=C(c2ccc(C3=CC=C(C)C4C[C@@H]34)cc2)CC1. The van der Waals surface area contributed by atoms with Crippen molar-refractivity contribution in [1.82, 2.24) is 0 Å². The van der Waals surface area contributed by atoms with E-state index >= 15 is 0 Å². The lowest BCUT2D eigenvalue weighted by Crippen LogP contribution is -1.96. The Hall–Kier alpha value is -1.82. The lowest BCUT2D eigenvalue weighted by molar-refractivity contribution is 0.923. The molecule has 0 nitrogen and oxygen atoms in total. The van der Waals surface area contributed by atoms with Crippen molar-refractivity contribution >= 4 is 11.1 Å². The molecule has 0 radical (unpaired) electrons. The van der Waals surface area contributed by atoms with Gasteiger partial charge in [-0.1, -0.05) is 59.7 Å². The molecule has 106 valence electrons. The highest BCUT2D eigenvalue weighted by Gasteiger charge is 2.42. The highest BCUT2D eigenvalue weighted by Crippen LogP contribution is 2.54. The molecule has 21 heavy (non-hydrogen) atoms. The van der Waals surface area contributed by atoms with Crippen LogP contribution >= 0.6 is 0 Å². The molecule has 1 aromatic carbocycles. The van der Waals surface area contributed by atoms with Crippen LogP contribution in [0.5, 0.6) is 0 Å². The zero-order valence-corrected chi connectivity index (χ0v) is 12.9. The van der Waals surface area contributed by atoms with Gasteiger partial charge >= 0.3 is 0 Å². The molecule has 1 saturated carbocycles. The van der Waals surface area contributed by atoms with E-state index in [0.29, 0.717) is 0 Å². The van der Waals surface area contributed by atoms with Crippen LogP contribution in [0.3, 0.4) is 0 Å². The van der Waals surface area contributed by atoms with Crippen molar-refractivity contribution in [3.8, 4) is 0 Å². The molecule has 0 spiro atoms. The van der Waals surface area contributed by atoms with Gasteiger partial charge in [0.05, 0.1) is 0 Å². The lowest BCUT2D eigenvalue weighted by Gasteiger charge is -2.15. The monoisotopic (exact) mass is 274 g/mol. The lowest BCUT2D eigenvalue weighted by atomic mass is 9.90. The maximum atomic E-state index is 2.34. The van der Waals surface area contributed by atoms with Crippen LogP contribution in [0.4, 0.5) is 0 Å². The van der Waals surface area contributed by atoms with Gasteiger partial charge in [0.1, 0.15) is 0 Å². The maximum absolute atomic E-state index is 2.34. The zero-order valence-electron chi connectivity index (χ0n) is 12.9. The Bertz CT molecular complexity index is 692. The molecule has 2 atom stereocenters. The van der Waals surface area contributed by atoms with Crippen molar-refractivity contribution in [3.63, 3.8) is 0 Å². The number of benzene rings is 1.